The summed E-state index contributed by atoms with van der Waals surface area (Å²) in [6.07, 6.45) is 0. The van der Waals surface area contributed by atoms with Gasteiger partial charge in [-0.3, -0.25) is 0 Å². The topological polar surface area (TPSA) is 69.6 Å². The molecule has 1 aliphatic heterocycles. The van der Waals surface area contributed by atoms with E-state index in [9.17, 15) is 9.59 Å². The van der Waals surface area contributed by atoms with Gasteiger partial charge in [0.05, 0.1) is 6.04 Å². The number of benzene rings is 1. The van der Waals surface area contributed by atoms with Gasteiger partial charge >= 0.3 is 12.0 Å². The Morgan fingerprint density at radius 2 is 1.94 bits per heavy atom. The van der Waals surface area contributed by atoms with E-state index in [4.69, 9.17) is 5.11 Å². The van der Waals surface area contributed by atoms with Crippen molar-refractivity contribution in [2.24, 2.45) is 0 Å². The van der Waals surface area contributed by atoms with Gasteiger partial charge in [0.25, 0.3) is 0 Å². The van der Waals surface area contributed by atoms with Gasteiger partial charge < -0.3 is 15.3 Å². The van der Waals surface area contributed by atoms with E-state index in [-0.39, 0.29) is 6.03 Å². The lowest BCUT2D eigenvalue weighted by Crippen LogP contribution is -2.35. The van der Waals surface area contributed by atoms with Crippen molar-refractivity contribution in [1.82, 2.24) is 10.2 Å². The van der Waals surface area contributed by atoms with Crippen molar-refractivity contribution in [3.8, 4) is 0 Å². The minimum absolute atomic E-state index is 0.358. The fourth-order valence-corrected chi connectivity index (χ4v) is 2.04. The Hall–Kier alpha value is -2.04. The molecule has 1 aromatic rings. The van der Waals surface area contributed by atoms with Crippen LogP contribution in [-0.2, 0) is 4.79 Å². The Labute approximate surface area is 99.0 Å². The number of hydrogen-bond acceptors (Lipinski definition) is 2. The molecule has 0 aliphatic carbocycles. The van der Waals surface area contributed by atoms with Gasteiger partial charge in [0, 0.05) is 7.05 Å². The van der Waals surface area contributed by atoms with Gasteiger partial charge in [-0.2, -0.15) is 0 Å². The van der Waals surface area contributed by atoms with Crippen LogP contribution >= 0.6 is 0 Å². The maximum absolute atomic E-state index is 11.5. The first kappa shape index (κ1) is 11.4. The smallest absolute Gasteiger partial charge is 0.328 e. The van der Waals surface area contributed by atoms with E-state index in [0.29, 0.717) is 0 Å². The first-order valence-electron chi connectivity index (χ1n) is 5.33. The number of amides is 2. The molecule has 1 aromatic carbocycles. The van der Waals surface area contributed by atoms with Gasteiger partial charge in [0.15, 0.2) is 6.04 Å². The number of nitrogens with zero attached hydrogens (tertiary/aromatic N) is 1. The zero-order valence-corrected chi connectivity index (χ0v) is 9.68. The summed E-state index contributed by atoms with van der Waals surface area (Å²) >= 11 is 0. The highest BCUT2D eigenvalue weighted by molar-refractivity contribution is 5.87. The lowest BCUT2D eigenvalue weighted by Gasteiger charge is -2.21. The number of likely N-dealkylation sites (N-methyl/N-ethyl adjacent to an activating group) is 1. The van der Waals surface area contributed by atoms with Crippen LogP contribution in [-0.4, -0.2) is 35.1 Å². The number of carboxylic acid groups (broad SMARTS) is 1. The monoisotopic (exact) mass is 234 g/mol. The molecule has 17 heavy (non-hydrogen) atoms. The van der Waals surface area contributed by atoms with E-state index in [0.717, 1.165) is 11.1 Å². The molecule has 0 bridgehead atoms. The van der Waals surface area contributed by atoms with Crippen molar-refractivity contribution < 1.29 is 14.7 Å². The predicted molar refractivity (Wildman–Crippen MR) is 61.6 cm³/mol. The molecule has 2 amide bonds. The lowest BCUT2D eigenvalue weighted by molar-refractivity contribution is -0.139. The van der Waals surface area contributed by atoms with Crippen LogP contribution in [0, 0.1) is 6.92 Å². The first-order valence-corrected chi connectivity index (χ1v) is 5.33. The summed E-state index contributed by atoms with van der Waals surface area (Å²) in [7, 11) is 1.60. The second-order valence-corrected chi connectivity index (χ2v) is 4.23. The molecule has 1 saturated heterocycles. The standard InChI is InChI=1S/C12H14N2O3/c1-7-3-5-8(6-4-7)10-9(11(15)16)13-12(17)14(10)2/h3-6,9-10H,1-2H3,(H,13,17)(H,15,16). The number of urea groups is 1. The number of carboxylic acids is 1. The van der Waals surface area contributed by atoms with Gasteiger partial charge in [-0.1, -0.05) is 29.8 Å². The third kappa shape index (κ3) is 1.95. The summed E-state index contributed by atoms with van der Waals surface area (Å²) in [6, 6.07) is 5.81. The minimum Gasteiger partial charge on any atom is -0.480 e. The molecule has 2 rings (SSSR count). The van der Waals surface area contributed by atoms with E-state index >= 15 is 0 Å². The first-order chi connectivity index (χ1) is 8.00. The van der Waals surface area contributed by atoms with E-state index in [1.807, 2.05) is 31.2 Å². The molecule has 2 N–H and O–H groups in total. The molecule has 5 heteroatoms. The number of aliphatic carboxylic acids is 1. The number of carbonyl (C=O) groups is 2. The molecule has 0 aromatic heterocycles. The zero-order valence-electron chi connectivity index (χ0n) is 9.68. The number of carbonyl (C=O) groups excluding carboxylic acids is 1. The van der Waals surface area contributed by atoms with Crippen molar-refractivity contribution in [3.05, 3.63) is 35.4 Å². The number of rotatable bonds is 2. The summed E-state index contributed by atoms with van der Waals surface area (Å²) in [5.74, 6) is -1.02. The fraction of sp³-hybridized carbons (Fsp3) is 0.333. The largest absolute Gasteiger partial charge is 0.480 e. The quantitative estimate of drug-likeness (QED) is 0.806. The van der Waals surface area contributed by atoms with E-state index in [1.165, 1.54) is 4.90 Å². The highest BCUT2D eigenvalue weighted by atomic mass is 16.4. The van der Waals surface area contributed by atoms with E-state index in [1.54, 1.807) is 7.05 Å². The Morgan fingerprint density at radius 1 is 1.35 bits per heavy atom. The average molecular weight is 234 g/mol. The summed E-state index contributed by atoms with van der Waals surface area (Å²) in [4.78, 5) is 24.0. The summed E-state index contributed by atoms with van der Waals surface area (Å²) in [5, 5.41) is 11.5. The number of hydrogen-bond donors (Lipinski definition) is 2. The number of aryl methyl sites for hydroxylation is 1. The molecular weight excluding hydrogens is 220 g/mol. The Morgan fingerprint density at radius 3 is 2.47 bits per heavy atom. The molecule has 1 fully saturated rings. The van der Waals surface area contributed by atoms with Crippen molar-refractivity contribution >= 4 is 12.0 Å². The summed E-state index contributed by atoms with van der Waals surface area (Å²) in [5.41, 5.74) is 1.92. The van der Waals surface area contributed by atoms with Crippen LogP contribution in [0.2, 0.25) is 0 Å². The average Bonchev–Trinajstić information content (AvgIpc) is 2.57. The molecule has 0 spiro atoms. The molecule has 0 saturated carbocycles. The van der Waals surface area contributed by atoms with E-state index < -0.39 is 18.1 Å². The van der Waals surface area contributed by atoms with Gasteiger partial charge in [0.1, 0.15) is 0 Å². The third-order valence-electron chi connectivity index (χ3n) is 3.02. The van der Waals surface area contributed by atoms with Gasteiger partial charge in [-0.05, 0) is 12.5 Å². The maximum atomic E-state index is 11.5. The Kier molecular flexibility index (Phi) is 2.75. The van der Waals surface area contributed by atoms with Crippen LogP contribution in [0.25, 0.3) is 0 Å². The second-order valence-electron chi connectivity index (χ2n) is 4.23. The molecule has 2 atom stereocenters. The minimum atomic E-state index is -1.02. The molecule has 1 heterocycles. The molecule has 90 valence electrons. The SMILES string of the molecule is Cc1ccc(C2C(C(=O)O)NC(=O)N2C)cc1. The van der Waals surface area contributed by atoms with Crippen LogP contribution in [0.4, 0.5) is 4.79 Å². The highest BCUT2D eigenvalue weighted by Crippen LogP contribution is 2.28. The predicted octanol–water partition coefficient (Wildman–Crippen LogP) is 1.14. The van der Waals surface area contributed by atoms with Crippen molar-refractivity contribution in [2.45, 2.75) is 19.0 Å². The third-order valence-corrected chi connectivity index (χ3v) is 3.02. The van der Waals surface area contributed by atoms with Crippen molar-refractivity contribution in [1.29, 1.82) is 0 Å². The summed E-state index contributed by atoms with van der Waals surface area (Å²) in [6.45, 7) is 1.96. The van der Waals surface area contributed by atoms with Crippen LogP contribution in [0.1, 0.15) is 17.2 Å². The fourth-order valence-electron chi connectivity index (χ4n) is 2.04. The van der Waals surface area contributed by atoms with Gasteiger partial charge in [-0.15, -0.1) is 0 Å². The normalized spacial score (nSPS) is 23.6. The Balaban J connectivity index is 2.37. The van der Waals surface area contributed by atoms with Crippen molar-refractivity contribution in [3.63, 3.8) is 0 Å². The molecule has 2 unspecified atom stereocenters. The van der Waals surface area contributed by atoms with E-state index in [2.05, 4.69) is 5.32 Å². The van der Waals surface area contributed by atoms with Gasteiger partial charge in [-0.25, -0.2) is 9.59 Å². The van der Waals surface area contributed by atoms with Crippen LogP contribution in [0.3, 0.4) is 0 Å². The number of nitrogens with one attached hydrogen (secondary N) is 1. The molecule has 5 nitrogen and oxygen atoms in total. The molecular formula is C12H14N2O3. The van der Waals surface area contributed by atoms with Crippen LogP contribution in [0.5, 0.6) is 0 Å². The lowest BCUT2D eigenvalue weighted by atomic mass is 9.99. The molecule has 1 aliphatic rings. The van der Waals surface area contributed by atoms with Crippen molar-refractivity contribution in [2.75, 3.05) is 7.05 Å². The zero-order chi connectivity index (χ0) is 12.6. The Bertz CT molecular complexity index is 455. The highest BCUT2D eigenvalue weighted by Gasteiger charge is 2.42. The summed E-state index contributed by atoms with van der Waals surface area (Å²) < 4.78 is 0. The van der Waals surface area contributed by atoms with Crippen LogP contribution < -0.4 is 5.32 Å². The van der Waals surface area contributed by atoms with Gasteiger partial charge in [0.2, 0.25) is 0 Å². The second kappa shape index (κ2) is 4.08. The van der Waals surface area contributed by atoms with Crippen LogP contribution in [0.15, 0.2) is 24.3 Å². The molecule has 0 radical (unpaired) electrons. The maximum Gasteiger partial charge on any atom is 0.328 e.